The monoisotopic (exact) mass is 575 g/mol. The molecule has 1 amide bonds. The highest BCUT2D eigenvalue weighted by molar-refractivity contribution is 5.95. The van der Waals surface area contributed by atoms with Crippen molar-refractivity contribution in [2.24, 2.45) is 0 Å². The van der Waals surface area contributed by atoms with Gasteiger partial charge in [-0.1, -0.05) is 12.1 Å². The number of hydrogen-bond donors (Lipinski definition) is 2. The van der Waals surface area contributed by atoms with E-state index in [-0.39, 0.29) is 36.2 Å². The molecule has 0 bridgehead atoms. The van der Waals surface area contributed by atoms with Crippen LogP contribution in [0.4, 0.5) is 29.2 Å². The zero-order valence-electron chi connectivity index (χ0n) is 22.4. The lowest BCUT2D eigenvalue weighted by molar-refractivity contribution is -0.139. The van der Waals surface area contributed by atoms with Crippen molar-refractivity contribution >= 4 is 17.5 Å². The topological polar surface area (TPSA) is 97.8 Å². The highest BCUT2D eigenvalue weighted by Gasteiger charge is 2.37. The van der Waals surface area contributed by atoms with E-state index in [0.717, 1.165) is 5.56 Å². The molecule has 3 heterocycles. The van der Waals surface area contributed by atoms with Crippen molar-refractivity contribution in [2.45, 2.75) is 37.8 Å². The van der Waals surface area contributed by atoms with Crippen molar-refractivity contribution in [2.75, 3.05) is 39.2 Å². The standard InChI is InChI=1S/C28H29F4N5O4/c1-37-10-8-21(20(29)14-37)34-25(38)17-6-7-22(24(12-17)39-2)35-27-33-13-19(28(30,31)32)26(36-27)41-23-5-3-4-16-9-11-40-15-18(16)23/h3-7,12-13,20-21H,8-11,14-15H2,1-2H3,(H,34,38)(H,33,35,36)/t20-,21-/m0/s1. The lowest BCUT2D eigenvalue weighted by atomic mass is 10.0. The Morgan fingerprint density at radius 3 is 2.78 bits per heavy atom. The number of halogens is 4. The van der Waals surface area contributed by atoms with Gasteiger partial charge in [0.1, 0.15) is 23.2 Å². The maximum Gasteiger partial charge on any atom is 0.423 e. The lowest BCUT2D eigenvalue weighted by Gasteiger charge is -2.32. The van der Waals surface area contributed by atoms with Gasteiger partial charge in [-0.05, 0) is 49.7 Å². The summed E-state index contributed by atoms with van der Waals surface area (Å²) >= 11 is 0. The molecule has 2 aliphatic rings. The second kappa shape index (κ2) is 11.9. The molecule has 1 fully saturated rings. The SMILES string of the molecule is COc1cc(C(=O)N[C@H]2CCN(C)C[C@@H]2F)ccc1Nc1ncc(C(F)(F)F)c(Oc2cccc3c2COCC3)n1. The van der Waals surface area contributed by atoms with Crippen LogP contribution in [0.15, 0.2) is 42.6 Å². The molecule has 2 aliphatic heterocycles. The third-order valence-electron chi connectivity index (χ3n) is 7.03. The molecule has 0 spiro atoms. The molecule has 0 aliphatic carbocycles. The number of amides is 1. The minimum absolute atomic E-state index is 0.184. The Hall–Kier alpha value is -3.97. The third kappa shape index (κ3) is 6.51. The fourth-order valence-electron chi connectivity index (χ4n) is 4.79. The molecule has 13 heteroatoms. The molecule has 2 aromatic carbocycles. The molecular formula is C28H29F4N5O4. The smallest absolute Gasteiger partial charge is 0.423 e. The average molecular weight is 576 g/mol. The molecule has 0 unspecified atom stereocenters. The predicted octanol–water partition coefficient (Wildman–Crippen LogP) is 4.88. The van der Waals surface area contributed by atoms with Crippen molar-refractivity contribution in [3.05, 3.63) is 64.8 Å². The first-order chi connectivity index (χ1) is 19.6. The van der Waals surface area contributed by atoms with Crippen LogP contribution in [0.25, 0.3) is 0 Å². The molecule has 9 nitrogen and oxygen atoms in total. The highest BCUT2D eigenvalue weighted by Crippen LogP contribution is 2.39. The van der Waals surface area contributed by atoms with Gasteiger partial charge in [0.2, 0.25) is 11.8 Å². The van der Waals surface area contributed by atoms with Gasteiger partial charge in [0.15, 0.2) is 0 Å². The van der Waals surface area contributed by atoms with Gasteiger partial charge >= 0.3 is 6.18 Å². The van der Waals surface area contributed by atoms with Crippen LogP contribution in [-0.2, 0) is 23.9 Å². The summed E-state index contributed by atoms with van der Waals surface area (Å²) in [4.78, 5) is 22.5. The van der Waals surface area contributed by atoms with E-state index >= 15 is 0 Å². The Bertz CT molecular complexity index is 1420. The van der Waals surface area contributed by atoms with Gasteiger partial charge in [-0.3, -0.25) is 4.79 Å². The number of carbonyl (C=O) groups excluding carboxylic acids is 1. The van der Waals surface area contributed by atoms with E-state index in [9.17, 15) is 22.4 Å². The molecule has 41 heavy (non-hydrogen) atoms. The van der Waals surface area contributed by atoms with E-state index in [4.69, 9.17) is 14.2 Å². The summed E-state index contributed by atoms with van der Waals surface area (Å²) in [5, 5.41) is 5.56. The lowest BCUT2D eigenvalue weighted by Crippen LogP contribution is -2.51. The molecule has 218 valence electrons. The van der Waals surface area contributed by atoms with E-state index in [1.807, 2.05) is 18.0 Å². The summed E-state index contributed by atoms with van der Waals surface area (Å²) in [5.41, 5.74) is 0.975. The van der Waals surface area contributed by atoms with E-state index in [0.29, 0.717) is 43.4 Å². The summed E-state index contributed by atoms with van der Waals surface area (Å²) in [5.74, 6) is -0.911. The third-order valence-corrected chi connectivity index (χ3v) is 7.03. The first-order valence-electron chi connectivity index (χ1n) is 13.0. The van der Waals surface area contributed by atoms with Gasteiger partial charge in [0.25, 0.3) is 5.91 Å². The van der Waals surface area contributed by atoms with Crippen LogP contribution in [0.5, 0.6) is 17.4 Å². The minimum Gasteiger partial charge on any atom is -0.495 e. The Balaban J connectivity index is 1.38. The van der Waals surface area contributed by atoms with Crippen LogP contribution in [0.3, 0.4) is 0 Å². The number of nitrogens with one attached hydrogen (secondary N) is 2. The fraction of sp³-hybridized carbons (Fsp3) is 0.393. The second-order valence-electron chi connectivity index (χ2n) is 9.90. The number of nitrogens with zero attached hydrogens (tertiary/aromatic N) is 3. The van der Waals surface area contributed by atoms with Crippen LogP contribution >= 0.6 is 0 Å². The first kappa shape index (κ1) is 28.6. The van der Waals surface area contributed by atoms with Gasteiger partial charge in [-0.15, -0.1) is 0 Å². The van der Waals surface area contributed by atoms with Crippen LogP contribution in [0, 0.1) is 0 Å². The van der Waals surface area contributed by atoms with Gasteiger partial charge < -0.3 is 29.7 Å². The summed E-state index contributed by atoms with van der Waals surface area (Å²) in [6.45, 7) is 1.62. The molecule has 5 rings (SSSR count). The number of fused-ring (bicyclic) bond motifs is 1. The van der Waals surface area contributed by atoms with E-state index in [1.54, 1.807) is 12.1 Å². The first-order valence-corrected chi connectivity index (χ1v) is 13.0. The number of hydrogen-bond acceptors (Lipinski definition) is 8. The van der Waals surface area contributed by atoms with Gasteiger partial charge in [-0.2, -0.15) is 18.2 Å². The largest absolute Gasteiger partial charge is 0.495 e. The van der Waals surface area contributed by atoms with Gasteiger partial charge in [-0.25, -0.2) is 9.37 Å². The summed E-state index contributed by atoms with van der Waals surface area (Å²) < 4.78 is 72.4. The van der Waals surface area contributed by atoms with Crippen LogP contribution < -0.4 is 20.1 Å². The molecular weight excluding hydrogens is 546 g/mol. The minimum atomic E-state index is -4.77. The van der Waals surface area contributed by atoms with E-state index < -0.39 is 35.7 Å². The quantitative estimate of drug-likeness (QED) is 0.385. The fourth-order valence-corrected chi connectivity index (χ4v) is 4.79. The number of carbonyl (C=O) groups is 1. The summed E-state index contributed by atoms with van der Waals surface area (Å²) in [7, 11) is 3.19. The Kier molecular flexibility index (Phi) is 8.27. The average Bonchev–Trinajstić information content (AvgIpc) is 2.94. The number of benzene rings is 2. The molecule has 0 radical (unpaired) electrons. The Morgan fingerprint density at radius 1 is 1.20 bits per heavy atom. The van der Waals surface area contributed by atoms with Gasteiger partial charge in [0, 0.05) is 30.4 Å². The van der Waals surface area contributed by atoms with Crippen molar-refractivity contribution in [1.29, 1.82) is 0 Å². The van der Waals surface area contributed by atoms with E-state index in [2.05, 4.69) is 20.6 Å². The van der Waals surface area contributed by atoms with Crippen molar-refractivity contribution in [3.63, 3.8) is 0 Å². The Morgan fingerprint density at radius 2 is 2.02 bits per heavy atom. The summed E-state index contributed by atoms with van der Waals surface area (Å²) in [6.07, 6.45) is -4.22. The molecule has 1 aromatic heterocycles. The number of aromatic nitrogens is 2. The Labute approximate surface area is 233 Å². The van der Waals surface area contributed by atoms with Crippen LogP contribution in [-0.4, -0.2) is 66.8 Å². The number of alkyl halides is 4. The summed E-state index contributed by atoms with van der Waals surface area (Å²) in [6, 6.07) is 8.97. The maximum absolute atomic E-state index is 14.4. The number of ether oxygens (including phenoxy) is 3. The van der Waals surface area contributed by atoms with E-state index in [1.165, 1.54) is 25.3 Å². The molecule has 0 saturated carbocycles. The zero-order chi connectivity index (χ0) is 29.1. The van der Waals surface area contributed by atoms with Crippen molar-refractivity contribution in [1.82, 2.24) is 20.2 Å². The number of rotatable bonds is 7. The highest BCUT2D eigenvalue weighted by atomic mass is 19.4. The van der Waals surface area contributed by atoms with Crippen molar-refractivity contribution in [3.8, 4) is 17.4 Å². The normalized spacial score (nSPS) is 19.3. The van der Waals surface area contributed by atoms with Crippen molar-refractivity contribution < 1.29 is 36.6 Å². The van der Waals surface area contributed by atoms with Crippen LogP contribution in [0.1, 0.15) is 33.5 Å². The molecule has 3 aromatic rings. The zero-order valence-corrected chi connectivity index (χ0v) is 22.4. The number of methoxy groups -OCH3 is 1. The molecule has 1 saturated heterocycles. The maximum atomic E-state index is 14.4. The predicted molar refractivity (Wildman–Crippen MR) is 141 cm³/mol. The second-order valence-corrected chi connectivity index (χ2v) is 9.90. The number of likely N-dealkylation sites (tertiary alicyclic amines) is 1. The van der Waals surface area contributed by atoms with Gasteiger partial charge in [0.05, 0.1) is 32.1 Å². The van der Waals surface area contributed by atoms with Crippen LogP contribution in [0.2, 0.25) is 0 Å². The number of anilines is 2. The number of piperidine rings is 1. The molecule has 2 N–H and O–H groups in total. The molecule has 2 atom stereocenters.